The van der Waals surface area contributed by atoms with Gasteiger partial charge in [0.15, 0.2) is 11.5 Å². The maximum Gasteiger partial charge on any atom is 0.253 e. The average Bonchev–Trinajstić information content (AvgIpc) is 3.10. The third kappa shape index (κ3) is 5.96. The number of aromatic nitrogens is 4. The lowest BCUT2D eigenvalue weighted by Gasteiger charge is -2.19. The number of carbonyl (C=O) groups excluding carboxylic acids is 2. The minimum absolute atomic E-state index is 0.0258. The Hall–Kier alpha value is -6.26. The van der Waals surface area contributed by atoms with Gasteiger partial charge in [0, 0.05) is 23.2 Å². The molecule has 2 aromatic heterocycles. The maximum absolute atomic E-state index is 13.0. The highest BCUT2D eigenvalue weighted by Crippen LogP contribution is 2.54. The van der Waals surface area contributed by atoms with Gasteiger partial charge in [-0.05, 0) is 52.0 Å². The van der Waals surface area contributed by atoms with E-state index in [1.54, 1.807) is 27.7 Å². The van der Waals surface area contributed by atoms with E-state index < -0.39 is 81.7 Å². The summed E-state index contributed by atoms with van der Waals surface area (Å²) >= 11 is 0. The molecule has 10 N–H and O–H groups in total. The van der Waals surface area contributed by atoms with E-state index in [-0.39, 0.29) is 67.4 Å². The lowest BCUT2D eigenvalue weighted by molar-refractivity contribution is 0.0936. The molecule has 0 aliphatic carbocycles. The molecule has 0 unspecified atom stereocenters. The number of phenols is 6. The van der Waals surface area contributed by atoms with Crippen molar-refractivity contribution in [3.63, 3.8) is 0 Å². The van der Waals surface area contributed by atoms with Crippen LogP contribution in [0.4, 0.5) is 0 Å². The molecule has 0 aliphatic heterocycles. The predicted molar refractivity (Wildman–Crippen MR) is 191 cm³/mol. The first kappa shape index (κ1) is 37.0. The summed E-state index contributed by atoms with van der Waals surface area (Å²) in [7, 11) is 0. The molecule has 272 valence electrons. The Bertz CT molecular complexity index is 2260. The number of carbonyl (C=O) groups is 2. The van der Waals surface area contributed by atoms with Gasteiger partial charge in [-0.15, -0.1) is 0 Å². The van der Waals surface area contributed by atoms with Gasteiger partial charge in [-0.3, -0.25) is 9.59 Å². The normalized spacial score (nSPS) is 11.4. The first-order valence-electron chi connectivity index (χ1n) is 16.3. The Balaban J connectivity index is 0.00000257. The van der Waals surface area contributed by atoms with Crippen LogP contribution in [-0.4, -0.2) is 84.7 Å². The molecule has 0 saturated carbocycles. The van der Waals surface area contributed by atoms with E-state index in [0.29, 0.717) is 0 Å². The van der Waals surface area contributed by atoms with Gasteiger partial charge in [0.2, 0.25) is 0 Å². The van der Waals surface area contributed by atoms with E-state index in [0.717, 1.165) is 0 Å². The quantitative estimate of drug-likeness (QED) is 0.104. The van der Waals surface area contributed by atoms with Crippen molar-refractivity contribution in [1.82, 2.24) is 30.6 Å². The molecule has 0 atom stereocenters. The maximum atomic E-state index is 13.0. The molecule has 2 amide bonds. The van der Waals surface area contributed by atoms with Crippen LogP contribution in [0.25, 0.3) is 55.3 Å². The minimum atomic E-state index is -0.913. The molecule has 0 bridgehead atoms. The zero-order valence-electron chi connectivity index (χ0n) is 29.1. The number of rotatable bonds is 7. The fourth-order valence-electron chi connectivity index (χ4n) is 5.80. The van der Waals surface area contributed by atoms with Gasteiger partial charge in [0.1, 0.15) is 67.1 Å². The van der Waals surface area contributed by atoms with Crippen LogP contribution < -0.4 is 10.6 Å². The Morgan fingerprint density at radius 3 is 1.15 bits per heavy atom. The minimum Gasteiger partial charge on any atom is -0.507 e. The third-order valence-electron chi connectivity index (χ3n) is 8.04. The number of benzene rings is 4. The van der Waals surface area contributed by atoms with E-state index in [1.165, 1.54) is 24.3 Å². The zero-order valence-corrected chi connectivity index (χ0v) is 29.1. The fraction of sp³-hybridized carbons (Fsp3) is 0.278. The standard InChI is InChI=1S/C34H32N6O10.C2H6/c1-11(2)35-33(49)13-5-7-17(43)25-21(13)39-27-23(37-25)15(9-41)29(45)19(31(27)47)20-30(46)16(10-42)24-28(32(20)48)40-22-14(34(50)36-12(3)4)6-8-18(44)26(22)38-24;1-2/h5-8,11-12,41-48H,9-10H2,1-4H3,(H,35,49)(H,36,50);1-2H3. The lowest BCUT2D eigenvalue weighted by atomic mass is 9.93. The number of hydrogen-bond acceptors (Lipinski definition) is 14. The monoisotopic (exact) mass is 714 g/mol. The SMILES string of the molecule is CC.CC(C)NC(=O)c1ccc(O)c2nc3c(CO)c(O)c(-c4c(O)c(CO)c5nc6c(O)ccc(C(=O)NC(C)C)c6nc5c4O)c(O)c3nc12. The Kier molecular flexibility index (Phi) is 10.1. The van der Waals surface area contributed by atoms with Crippen molar-refractivity contribution >= 4 is 55.9 Å². The lowest BCUT2D eigenvalue weighted by Crippen LogP contribution is -2.30. The van der Waals surface area contributed by atoms with Crippen LogP contribution >= 0.6 is 0 Å². The van der Waals surface area contributed by atoms with Gasteiger partial charge >= 0.3 is 0 Å². The first-order valence-corrected chi connectivity index (χ1v) is 16.3. The highest BCUT2D eigenvalue weighted by molar-refractivity contribution is 6.12. The molecule has 6 rings (SSSR count). The highest BCUT2D eigenvalue weighted by atomic mass is 16.3. The summed E-state index contributed by atoms with van der Waals surface area (Å²) in [5.74, 6) is -5.41. The number of nitrogens with zero attached hydrogens (tertiary/aromatic N) is 4. The molecular weight excluding hydrogens is 676 g/mol. The molecule has 52 heavy (non-hydrogen) atoms. The summed E-state index contributed by atoms with van der Waals surface area (Å²) in [6.45, 7) is 9.10. The molecule has 0 aliphatic rings. The molecular formula is C36H38N6O10. The van der Waals surface area contributed by atoms with Crippen LogP contribution in [0.5, 0.6) is 34.5 Å². The van der Waals surface area contributed by atoms with Gasteiger partial charge < -0.3 is 51.5 Å². The molecule has 2 heterocycles. The number of amides is 2. The van der Waals surface area contributed by atoms with Crippen molar-refractivity contribution in [2.45, 2.75) is 66.8 Å². The molecule has 0 fully saturated rings. The van der Waals surface area contributed by atoms with Gasteiger partial charge in [-0.25, -0.2) is 19.9 Å². The largest absolute Gasteiger partial charge is 0.507 e. The van der Waals surface area contributed by atoms with Crippen LogP contribution in [-0.2, 0) is 13.2 Å². The van der Waals surface area contributed by atoms with Gasteiger partial charge in [-0.2, -0.15) is 0 Å². The predicted octanol–water partition coefficient (Wildman–Crippen LogP) is 4.07. The molecule has 6 aromatic rings. The van der Waals surface area contributed by atoms with Gasteiger partial charge in [0.05, 0.1) is 35.5 Å². The van der Waals surface area contributed by atoms with Crippen molar-refractivity contribution in [2.75, 3.05) is 0 Å². The summed E-state index contributed by atoms with van der Waals surface area (Å²) in [4.78, 5) is 43.5. The average molecular weight is 715 g/mol. The van der Waals surface area contributed by atoms with Crippen LogP contribution in [0.15, 0.2) is 24.3 Å². The Morgan fingerprint density at radius 1 is 0.519 bits per heavy atom. The zero-order chi connectivity index (χ0) is 38.3. The summed E-state index contributed by atoms with van der Waals surface area (Å²) in [5.41, 5.74) is -4.09. The second kappa shape index (κ2) is 14.2. The molecule has 16 heteroatoms. The second-order valence-corrected chi connectivity index (χ2v) is 12.2. The van der Waals surface area contributed by atoms with Crippen molar-refractivity contribution in [2.24, 2.45) is 0 Å². The second-order valence-electron chi connectivity index (χ2n) is 12.2. The van der Waals surface area contributed by atoms with E-state index >= 15 is 0 Å². The Morgan fingerprint density at radius 2 is 0.846 bits per heavy atom. The molecule has 0 saturated heterocycles. The number of nitrogens with one attached hydrogen (secondary N) is 2. The van der Waals surface area contributed by atoms with Crippen LogP contribution in [0.3, 0.4) is 0 Å². The van der Waals surface area contributed by atoms with Crippen LogP contribution in [0, 0.1) is 0 Å². The smallest absolute Gasteiger partial charge is 0.253 e. The summed E-state index contributed by atoms with van der Waals surface area (Å²) in [6, 6.07) is 4.48. The molecule has 16 nitrogen and oxygen atoms in total. The van der Waals surface area contributed by atoms with Gasteiger partial charge in [-0.1, -0.05) is 13.8 Å². The summed E-state index contributed by atoms with van der Waals surface area (Å²) in [5, 5.41) is 93.7. The fourth-order valence-corrected chi connectivity index (χ4v) is 5.80. The topological polar surface area (TPSA) is 272 Å². The number of phenolic OH excluding ortho intramolecular Hbond substituents is 4. The number of hydrogen-bond donors (Lipinski definition) is 10. The van der Waals surface area contributed by atoms with E-state index in [1.807, 2.05) is 13.8 Å². The van der Waals surface area contributed by atoms with E-state index in [9.17, 15) is 50.4 Å². The van der Waals surface area contributed by atoms with Crippen molar-refractivity contribution in [3.8, 4) is 45.6 Å². The van der Waals surface area contributed by atoms with Crippen molar-refractivity contribution in [3.05, 3.63) is 46.5 Å². The van der Waals surface area contributed by atoms with Crippen LogP contribution in [0.2, 0.25) is 0 Å². The van der Waals surface area contributed by atoms with E-state index in [4.69, 9.17) is 0 Å². The third-order valence-corrected chi connectivity index (χ3v) is 8.04. The van der Waals surface area contributed by atoms with Gasteiger partial charge in [0.25, 0.3) is 11.8 Å². The van der Waals surface area contributed by atoms with Crippen molar-refractivity contribution in [1.29, 1.82) is 0 Å². The Labute approximate surface area is 295 Å². The first-order chi connectivity index (χ1) is 24.7. The number of aliphatic hydroxyl groups excluding tert-OH is 2. The number of fused-ring (bicyclic) bond motifs is 4. The van der Waals surface area contributed by atoms with Crippen molar-refractivity contribution < 1.29 is 50.4 Å². The number of aliphatic hydroxyl groups is 2. The summed E-state index contributed by atoms with van der Waals surface area (Å²) < 4.78 is 0. The summed E-state index contributed by atoms with van der Waals surface area (Å²) in [6.07, 6.45) is 0. The van der Waals surface area contributed by atoms with E-state index in [2.05, 4.69) is 30.6 Å². The highest BCUT2D eigenvalue weighted by Gasteiger charge is 2.31. The number of aromatic hydroxyl groups is 6. The molecule has 4 aromatic carbocycles. The van der Waals surface area contributed by atoms with Crippen LogP contribution in [0.1, 0.15) is 73.4 Å². The molecule has 0 spiro atoms. The molecule has 0 radical (unpaired) electrons.